The van der Waals surface area contributed by atoms with E-state index in [9.17, 15) is 9.59 Å². The third kappa shape index (κ3) is 4.83. The van der Waals surface area contributed by atoms with Gasteiger partial charge in [0, 0.05) is 10.6 Å². The number of urea groups is 1. The lowest BCUT2D eigenvalue weighted by Crippen LogP contribution is -2.39. The number of nitrogens with one attached hydrogen (secondary N) is 1. The maximum Gasteiger partial charge on any atom is 0.318 e. The van der Waals surface area contributed by atoms with E-state index in [1.54, 1.807) is 19.1 Å². The van der Waals surface area contributed by atoms with Gasteiger partial charge < -0.3 is 11.5 Å². The zero-order chi connectivity index (χ0) is 18.6. The van der Waals surface area contributed by atoms with Gasteiger partial charge in [-0.3, -0.25) is 10.1 Å². The van der Waals surface area contributed by atoms with Gasteiger partial charge >= 0.3 is 6.03 Å². The van der Waals surface area contributed by atoms with Crippen LogP contribution < -0.4 is 16.8 Å². The van der Waals surface area contributed by atoms with Crippen LogP contribution in [0.5, 0.6) is 0 Å². The molecule has 3 amide bonds. The van der Waals surface area contributed by atoms with E-state index in [0.29, 0.717) is 22.4 Å². The van der Waals surface area contributed by atoms with Crippen molar-refractivity contribution in [2.45, 2.75) is 30.7 Å². The molecular weight excluding hydrogens is 362 g/mol. The number of aromatic nitrogens is 2. The summed E-state index contributed by atoms with van der Waals surface area (Å²) in [6.45, 7) is 3.58. The summed E-state index contributed by atoms with van der Waals surface area (Å²) in [4.78, 5) is 31.3. The van der Waals surface area contributed by atoms with Gasteiger partial charge in [-0.25, -0.2) is 14.8 Å². The minimum atomic E-state index is -0.898. The molecule has 0 radical (unpaired) electrons. The molecule has 0 saturated carbocycles. The average Bonchev–Trinajstić information content (AvgIpc) is 2.54. The van der Waals surface area contributed by atoms with Crippen molar-refractivity contribution in [3.8, 4) is 11.1 Å². The van der Waals surface area contributed by atoms with E-state index in [1.807, 2.05) is 24.4 Å². The van der Waals surface area contributed by atoms with Crippen LogP contribution in [0.4, 0.5) is 10.6 Å². The molecule has 7 nitrogen and oxygen atoms in total. The van der Waals surface area contributed by atoms with Crippen LogP contribution in [0.1, 0.15) is 19.5 Å². The predicted octanol–water partition coefficient (Wildman–Crippen LogP) is 2.62. The van der Waals surface area contributed by atoms with Crippen LogP contribution >= 0.6 is 23.4 Å². The SMILES string of the molecule is CCc1nc(SC(C)C(=O)NC(N)=O)nc(N)c1-c1ccc(Cl)cc1. The number of primary amides is 1. The van der Waals surface area contributed by atoms with Crippen molar-refractivity contribution in [1.29, 1.82) is 0 Å². The predicted molar refractivity (Wildman–Crippen MR) is 99.3 cm³/mol. The molecule has 5 N–H and O–H groups in total. The molecule has 0 spiro atoms. The van der Waals surface area contributed by atoms with Crippen molar-refractivity contribution in [1.82, 2.24) is 15.3 Å². The zero-order valence-electron chi connectivity index (χ0n) is 13.7. The van der Waals surface area contributed by atoms with Gasteiger partial charge in [-0.15, -0.1) is 0 Å². The Labute approximate surface area is 154 Å². The number of benzene rings is 1. The van der Waals surface area contributed by atoms with Crippen LogP contribution in [0.3, 0.4) is 0 Å². The Bertz CT molecular complexity index is 798. The van der Waals surface area contributed by atoms with E-state index in [0.717, 1.165) is 28.6 Å². The van der Waals surface area contributed by atoms with Gasteiger partial charge in [-0.05, 0) is 31.0 Å². The Morgan fingerprint density at radius 2 is 1.92 bits per heavy atom. The molecule has 0 aliphatic heterocycles. The normalized spacial score (nSPS) is 11.8. The molecule has 0 fully saturated rings. The van der Waals surface area contributed by atoms with Crippen LogP contribution in [0.25, 0.3) is 11.1 Å². The number of amides is 3. The summed E-state index contributed by atoms with van der Waals surface area (Å²) in [6.07, 6.45) is 0.639. The summed E-state index contributed by atoms with van der Waals surface area (Å²) in [5, 5.41) is 2.42. The van der Waals surface area contributed by atoms with Crippen molar-refractivity contribution in [3.05, 3.63) is 35.0 Å². The lowest BCUT2D eigenvalue weighted by Gasteiger charge is -2.14. The Morgan fingerprint density at radius 1 is 1.28 bits per heavy atom. The van der Waals surface area contributed by atoms with Gasteiger partial charge in [0.1, 0.15) is 5.82 Å². The second-order valence-electron chi connectivity index (χ2n) is 5.19. The topological polar surface area (TPSA) is 124 Å². The van der Waals surface area contributed by atoms with E-state index in [1.165, 1.54) is 0 Å². The number of thioether (sulfide) groups is 1. The molecule has 2 rings (SSSR count). The van der Waals surface area contributed by atoms with Crippen LogP contribution in [0, 0.1) is 0 Å². The van der Waals surface area contributed by atoms with Crippen LogP contribution in [-0.4, -0.2) is 27.2 Å². The molecule has 1 aromatic carbocycles. The fourth-order valence-electron chi connectivity index (χ4n) is 2.18. The van der Waals surface area contributed by atoms with E-state index in [-0.39, 0.29) is 0 Å². The lowest BCUT2D eigenvalue weighted by atomic mass is 10.0. The maximum atomic E-state index is 11.8. The van der Waals surface area contributed by atoms with Crippen molar-refractivity contribution >= 4 is 41.1 Å². The zero-order valence-corrected chi connectivity index (χ0v) is 15.3. The molecule has 25 heavy (non-hydrogen) atoms. The standard InChI is InChI=1S/C16H18ClN5O2S/c1-3-11-12(9-4-6-10(17)7-5-9)13(18)21-16(20-11)25-8(2)14(23)22-15(19)24/h4-8H,3H2,1-2H3,(H2,18,20,21)(H3,19,22,23,24). The number of rotatable bonds is 5. The maximum absolute atomic E-state index is 11.8. The van der Waals surface area contributed by atoms with Crippen LogP contribution in [0.2, 0.25) is 5.02 Å². The number of aryl methyl sites for hydroxylation is 1. The van der Waals surface area contributed by atoms with Gasteiger partial charge in [-0.1, -0.05) is 42.4 Å². The van der Waals surface area contributed by atoms with E-state index in [4.69, 9.17) is 23.1 Å². The molecule has 2 aromatic rings. The summed E-state index contributed by atoms with van der Waals surface area (Å²) in [5.74, 6) is -0.196. The number of nitrogen functional groups attached to an aromatic ring is 1. The first kappa shape index (κ1) is 19.0. The summed E-state index contributed by atoms with van der Waals surface area (Å²) in [5.41, 5.74) is 13.5. The second-order valence-corrected chi connectivity index (χ2v) is 6.93. The first-order valence-electron chi connectivity index (χ1n) is 7.51. The minimum absolute atomic E-state index is 0.319. The highest BCUT2D eigenvalue weighted by Gasteiger charge is 2.20. The van der Waals surface area contributed by atoms with E-state index in [2.05, 4.69) is 9.97 Å². The Balaban J connectivity index is 2.31. The van der Waals surface area contributed by atoms with Gasteiger partial charge in [0.05, 0.1) is 10.9 Å². The first-order valence-corrected chi connectivity index (χ1v) is 8.76. The van der Waals surface area contributed by atoms with E-state index >= 15 is 0 Å². The van der Waals surface area contributed by atoms with Gasteiger partial charge in [0.25, 0.3) is 0 Å². The quantitative estimate of drug-likeness (QED) is 0.541. The second kappa shape index (κ2) is 8.17. The average molecular weight is 380 g/mol. The molecule has 0 bridgehead atoms. The van der Waals surface area contributed by atoms with Gasteiger partial charge in [-0.2, -0.15) is 0 Å². The molecule has 1 unspecified atom stereocenters. The molecule has 1 heterocycles. The summed E-state index contributed by atoms with van der Waals surface area (Å²) in [7, 11) is 0. The number of carbonyl (C=O) groups is 2. The van der Waals surface area contributed by atoms with Crippen molar-refractivity contribution < 1.29 is 9.59 Å². The highest BCUT2D eigenvalue weighted by atomic mass is 35.5. The van der Waals surface area contributed by atoms with E-state index < -0.39 is 17.2 Å². The number of nitrogens with two attached hydrogens (primary N) is 2. The summed E-state index contributed by atoms with van der Waals surface area (Å²) in [6, 6.07) is 6.35. The molecule has 132 valence electrons. The highest BCUT2D eigenvalue weighted by molar-refractivity contribution is 8.00. The number of hydrogen-bond acceptors (Lipinski definition) is 6. The number of hydrogen-bond donors (Lipinski definition) is 3. The molecule has 1 aromatic heterocycles. The third-order valence-electron chi connectivity index (χ3n) is 3.36. The summed E-state index contributed by atoms with van der Waals surface area (Å²) < 4.78 is 0. The fraction of sp³-hybridized carbons (Fsp3) is 0.250. The molecule has 0 aliphatic carbocycles. The Morgan fingerprint density at radius 3 is 2.48 bits per heavy atom. The minimum Gasteiger partial charge on any atom is -0.383 e. The molecule has 1 atom stereocenters. The smallest absolute Gasteiger partial charge is 0.318 e. The van der Waals surface area contributed by atoms with Crippen LogP contribution in [-0.2, 0) is 11.2 Å². The molecule has 0 aliphatic rings. The third-order valence-corrected chi connectivity index (χ3v) is 4.57. The number of nitrogens with zero attached hydrogens (tertiary/aromatic N) is 2. The highest BCUT2D eigenvalue weighted by Crippen LogP contribution is 2.31. The van der Waals surface area contributed by atoms with Crippen LogP contribution in [0.15, 0.2) is 29.4 Å². The Kier molecular flexibility index (Phi) is 6.22. The molecular formula is C16H18ClN5O2S. The number of carbonyl (C=O) groups excluding carboxylic acids is 2. The molecule has 9 heteroatoms. The van der Waals surface area contributed by atoms with Crippen molar-refractivity contribution in [2.24, 2.45) is 5.73 Å². The number of anilines is 1. The first-order chi connectivity index (χ1) is 11.8. The van der Waals surface area contributed by atoms with Gasteiger partial charge in [0.2, 0.25) is 5.91 Å². The van der Waals surface area contributed by atoms with Crippen molar-refractivity contribution in [3.63, 3.8) is 0 Å². The molecule has 0 saturated heterocycles. The Hall–Kier alpha value is -2.32. The largest absolute Gasteiger partial charge is 0.383 e. The lowest BCUT2D eigenvalue weighted by molar-refractivity contribution is -0.119. The monoisotopic (exact) mass is 379 g/mol. The van der Waals surface area contributed by atoms with Crippen molar-refractivity contribution in [2.75, 3.05) is 5.73 Å². The number of imide groups is 1. The fourth-order valence-corrected chi connectivity index (χ4v) is 3.10. The van der Waals surface area contributed by atoms with Gasteiger partial charge in [0.15, 0.2) is 5.16 Å². The summed E-state index contributed by atoms with van der Waals surface area (Å²) >= 11 is 7.02. The number of halogens is 1.